The number of nitrogens with one attached hydrogen (secondary N) is 1. The Morgan fingerprint density at radius 2 is 1.93 bits per heavy atom. The quantitative estimate of drug-likeness (QED) is 0.297. The Kier molecular flexibility index (Phi) is 7.05. The number of hydrogen-bond acceptors (Lipinski definition) is 6. The number of carbonyl (C=O) groups is 1. The van der Waals surface area contributed by atoms with Crippen molar-refractivity contribution in [1.82, 2.24) is 28.9 Å². The van der Waals surface area contributed by atoms with Gasteiger partial charge in [0.2, 0.25) is 5.95 Å². The highest BCUT2D eigenvalue weighted by atomic mass is 19.1. The largest absolute Gasteiger partial charge is 0.453 e. The number of methoxy groups -OCH3 is 1. The van der Waals surface area contributed by atoms with Crippen molar-refractivity contribution in [3.63, 3.8) is 0 Å². The number of fused-ring (bicyclic) bond motifs is 5. The Bertz CT molecular complexity index is 1850. The molecule has 5 aromatic rings. The topological polar surface area (TPSA) is 135 Å². The summed E-state index contributed by atoms with van der Waals surface area (Å²) in [6, 6.07) is 7.15. The van der Waals surface area contributed by atoms with Crippen molar-refractivity contribution in [3.05, 3.63) is 58.7 Å². The van der Waals surface area contributed by atoms with Crippen LogP contribution in [-0.4, -0.2) is 54.8 Å². The number of alkyl halides is 1. The van der Waals surface area contributed by atoms with Crippen LogP contribution in [-0.2, 0) is 23.6 Å². The van der Waals surface area contributed by atoms with E-state index in [1.807, 2.05) is 16.7 Å². The van der Waals surface area contributed by atoms with Crippen LogP contribution >= 0.6 is 0 Å². The summed E-state index contributed by atoms with van der Waals surface area (Å²) in [5.74, 6) is -0.612. The second-order valence-electron chi connectivity index (χ2n) is 10.7. The van der Waals surface area contributed by atoms with Gasteiger partial charge in [0.25, 0.3) is 0 Å². The van der Waals surface area contributed by atoms with E-state index in [1.165, 1.54) is 11.8 Å². The normalized spacial score (nSPS) is 20.0. The third kappa shape index (κ3) is 4.63. The van der Waals surface area contributed by atoms with Crippen LogP contribution < -0.4 is 11.4 Å². The fourth-order valence-corrected chi connectivity index (χ4v) is 6.10. The van der Waals surface area contributed by atoms with Gasteiger partial charge in [-0.15, -0.1) is 5.10 Å². The molecule has 0 spiro atoms. The van der Waals surface area contributed by atoms with Crippen molar-refractivity contribution in [1.29, 1.82) is 0 Å². The Morgan fingerprint density at radius 1 is 1.19 bits per heavy atom. The Hall–Kier alpha value is -4.52. The van der Waals surface area contributed by atoms with Crippen LogP contribution in [0.4, 0.5) is 13.6 Å². The number of benzene rings is 1. The summed E-state index contributed by atoms with van der Waals surface area (Å²) >= 11 is 0. The lowest BCUT2D eigenvalue weighted by molar-refractivity contribution is 0.0431. The summed E-state index contributed by atoms with van der Waals surface area (Å²) in [4.78, 5) is 30.9. The number of rotatable bonds is 1. The molecule has 1 fully saturated rings. The van der Waals surface area contributed by atoms with Crippen LogP contribution in [0.5, 0.6) is 0 Å². The molecule has 3 aliphatic rings. The van der Waals surface area contributed by atoms with E-state index in [-0.39, 0.29) is 24.3 Å². The number of nitrogens with zero attached hydrogens (tertiary/aromatic N) is 5. The van der Waals surface area contributed by atoms with Crippen LogP contribution in [0.15, 0.2) is 41.5 Å². The first-order chi connectivity index (χ1) is 20.2. The number of nitrogens with two attached hydrogens (primary N) is 1. The fourth-order valence-electron chi connectivity index (χ4n) is 6.10. The molecule has 13 heteroatoms. The number of carbonyl (C=O) groups excluding carboxylic acids is 1. The third-order valence-electron chi connectivity index (χ3n) is 8.13. The Morgan fingerprint density at radius 3 is 2.60 bits per heavy atom. The van der Waals surface area contributed by atoms with Gasteiger partial charge in [-0.2, -0.15) is 4.39 Å². The highest BCUT2D eigenvalue weighted by Crippen LogP contribution is 2.43. The highest BCUT2D eigenvalue weighted by molar-refractivity contribution is 6.14. The maximum atomic E-state index is 15.0. The number of H-pyrrole nitrogens is 1. The lowest BCUT2D eigenvalue weighted by Gasteiger charge is -2.15. The van der Waals surface area contributed by atoms with Gasteiger partial charge in [-0.25, -0.2) is 19.0 Å². The minimum atomic E-state index is -1.15. The summed E-state index contributed by atoms with van der Waals surface area (Å²) in [7, 11) is 4.64. The van der Waals surface area contributed by atoms with E-state index in [4.69, 9.17) is 4.74 Å². The molecule has 3 atom stereocenters. The number of hydrogen-bond donors (Lipinski definition) is 2. The average Bonchev–Trinajstić information content (AvgIpc) is 3.73. The maximum Gasteiger partial charge on any atom is 0.404 e. The predicted octanol–water partition coefficient (Wildman–Crippen LogP) is 4.66. The third-order valence-corrected chi connectivity index (χ3v) is 8.13. The molecular formula is C29H31F2N7O4. The van der Waals surface area contributed by atoms with Crippen LogP contribution in [0, 0.1) is 5.95 Å². The number of aromatic amines is 1. The first-order valence-electron chi connectivity index (χ1n) is 13.7. The number of amides is 1. The summed E-state index contributed by atoms with van der Waals surface area (Å²) in [6.07, 6.45) is 3.90. The smallest absolute Gasteiger partial charge is 0.404 e. The van der Waals surface area contributed by atoms with Gasteiger partial charge in [0.15, 0.2) is 0 Å². The lowest BCUT2D eigenvalue weighted by Crippen LogP contribution is -2.25. The molecule has 1 aliphatic carbocycles. The zero-order valence-electron chi connectivity index (χ0n) is 23.4. The summed E-state index contributed by atoms with van der Waals surface area (Å²) < 4.78 is 44.9. The molecule has 0 saturated heterocycles. The van der Waals surface area contributed by atoms with E-state index in [2.05, 4.69) is 25.5 Å². The molecule has 0 radical (unpaired) electrons. The first-order valence-corrected chi connectivity index (χ1v) is 13.7. The summed E-state index contributed by atoms with van der Waals surface area (Å²) in [5.41, 5.74) is 9.17. The molecule has 3 N–H and O–H groups in total. The van der Waals surface area contributed by atoms with Crippen molar-refractivity contribution < 1.29 is 23.0 Å². The average molecular weight is 580 g/mol. The van der Waals surface area contributed by atoms with E-state index < -0.39 is 18.2 Å². The van der Waals surface area contributed by atoms with Gasteiger partial charge in [-0.3, -0.25) is 13.8 Å². The van der Waals surface area contributed by atoms with Crippen molar-refractivity contribution in [2.24, 2.45) is 19.8 Å². The number of pyridine rings is 1. The highest BCUT2D eigenvalue weighted by Gasteiger charge is 2.32. The second-order valence-corrected chi connectivity index (χ2v) is 10.7. The molecule has 1 saturated carbocycles. The number of ether oxygens (including phenoxy) is 2. The lowest BCUT2D eigenvalue weighted by atomic mass is 9.97. The molecule has 11 nitrogen and oxygen atoms in total. The molecule has 4 bridgehead atoms. The van der Waals surface area contributed by atoms with Gasteiger partial charge in [-0.1, -0.05) is 24.3 Å². The van der Waals surface area contributed by atoms with Crippen molar-refractivity contribution in [2.45, 2.75) is 44.0 Å². The zero-order chi connectivity index (χ0) is 29.7. The van der Waals surface area contributed by atoms with Gasteiger partial charge in [0, 0.05) is 38.3 Å². The number of imidazole rings is 1. The fraction of sp³-hybridized carbons (Fsp3) is 0.379. The van der Waals surface area contributed by atoms with E-state index in [0.717, 1.165) is 29.3 Å². The molecule has 220 valence electrons. The van der Waals surface area contributed by atoms with E-state index in [9.17, 15) is 14.0 Å². The maximum absolute atomic E-state index is 15.0. The molecular weight excluding hydrogens is 548 g/mol. The first kappa shape index (κ1) is 27.6. The van der Waals surface area contributed by atoms with Crippen LogP contribution in [0.25, 0.3) is 44.5 Å². The minimum absolute atomic E-state index is 0.0330. The monoisotopic (exact) mass is 579 g/mol. The van der Waals surface area contributed by atoms with Crippen LogP contribution in [0.2, 0.25) is 0 Å². The number of primary amides is 1. The van der Waals surface area contributed by atoms with Crippen molar-refractivity contribution in [2.75, 3.05) is 13.7 Å². The van der Waals surface area contributed by atoms with Crippen LogP contribution in [0.1, 0.15) is 43.5 Å². The predicted molar refractivity (Wildman–Crippen MR) is 152 cm³/mol. The van der Waals surface area contributed by atoms with Gasteiger partial charge in [0.05, 0.1) is 53.7 Å². The summed E-state index contributed by atoms with van der Waals surface area (Å²) in [6.45, 7) is 0.323. The zero-order valence-corrected chi connectivity index (χ0v) is 23.4. The number of aryl methyl sites for hydroxylation is 2. The standard InChI is InChI=1S/C27H26F2N6O2.C2H5NO2/c1-33-13-18(25(29)32-33)23-21-15-5-3-14(4-6-15)19(28)9-10-37-17-8-7-16(11-17)35-24-20(34(2)27(35)36)12-30-26(31-23)22(21)24;1-5-2(3)4/h3-6,12-13,16-17,19H,7-11H2,1-2H3,(H,30,31);1H3,(H2,3,4)/t16?,17-,19?;/m0./s1. The van der Waals surface area contributed by atoms with Gasteiger partial charge in [-0.05, 0) is 30.4 Å². The molecule has 4 aromatic heterocycles. The molecule has 8 rings (SSSR count). The second kappa shape index (κ2) is 10.7. The molecule has 1 amide bonds. The van der Waals surface area contributed by atoms with E-state index in [1.54, 1.807) is 43.2 Å². The van der Waals surface area contributed by atoms with Gasteiger partial charge >= 0.3 is 11.8 Å². The number of halogens is 2. The Balaban J connectivity index is 0.000000585. The molecule has 2 aliphatic heterocycles. The number of aromatic nitrogens is 6. The van der Waals surface area contributed by atoms with Crippen molar-refractivity contribution in [3.8, 4) is 22.4 Å². The molecule has 1 aromatic carbocycles. The Labute approximate surface area is 238 Å². The van der Waals surface area contributed by atoms with Crippen molar-refractivity contribution >= 4 is 28.2 Å². The van der Waals surface area contributed by atoms with Crippen LogP contribution in [0.3, 0.4) is 0 Å². The van der Waals surface area contributed by atoms with Gasteiger partial charge < -0.3 is 20.2 Å². The molecule has 6 heterocycles. The molecule has 42 heavy (non-hydrogen) atoms. The van der Waals surface area contributed by atoms with E-state index >= 15 is 4.39 Å². The minimum Gasteiger partial charge on any atom is -0.453 e. The SMILES string of the molecule is COC(N)=O.Cn1cc(-c2[nH]c3ncc4c5c3c2-c2ccc(cc2)C(F)CCO[C@H]2CCC(C2)n5c(=O)n4C)c(F)n1. The summed E-state index contributed by atoms with van der Waals surface area (Å²) in [5, 5.41) is 4.64. The molecule has 2 unspecified atom stereocenters. The van der Waals surface area contributed by atoms with E-state index in [0.29, 0.717) is 46.6 Å². The van der Waals surface area contributed by atoms with Gasteiger partial charge in [0.1, 0.15) is 11.8 Å².